The summed E-state index contributed by atoms with van der Waals surface area (Å²) in [6, 6.07) is 2.48. The minimum Gasteiger partial charge on any atom is -0.480 e. The van der Waals surface area contributed by atoms with Crippen LogP contribution in [0, 0.1) is 5.92 Å². The summed E-state index contributed by atoms with van der Waals surface area (Å²) in [5.41, 5.74) is 0. The number of hydrogen-bond acceptors (Lipinski definition) is 4. The molecule has 0 spiro atoms. The Balaban J connectivity index is 2.57. The zero-order valence-electron chi connectivity index (χ0n) is 11.6. The number of aliphatic carboxylic acids is 1. The third-order valence-corrected chi connectivity index (χ3v) is 3.57. The lowest BCUT2D eigenvalue weighted by Gasteiger charge is -2.20. The summed E-state index contributed by atoms with van der Waals surface area (Å²) in [7, 11) is 1.51. The van der Waals surface area contributed by atoms with Gasteiger partial charge in [-0.3, -0.25) is 9.59 Å². The van der Waals surface area contributed by atoms with E-state index in [4.69, 9.17) is 5.11 Å². The van der Waals surface area contributed by atoms with Crippen molar-refractivity contribution in [2.45, 2.75) is 19.9 Å². The zero-order valence-corrected chi connectivity index (χ0v) is 12.4. The average molecular weight is 298 g/mol. The van der Waals surface area contributed by atoms with E-state index < -0.39 is 17.9 Å². The highest BCUT2D eigenvalue weighted by molar-refractivity contribution is 7.12. The largest absolute Gasteiger partial charge is 0.480 e. The van der Waals surface area contributed by atoms with Gasteiger partial charge in [-0.1, -0.05) is 19.9 Å². The Morgan fingerprint density at radius 1 is 1.40 bits per heavy atom. The van der Waals surface area contributed by atoms with Crippen LogP contribution in [0.5, 0.6) is 0 Å². The third kappa shape index (κ3) is 4.34. The van der Waals surface area contributed by atoms with Crippen LogP contribution in [0.25, 0.3) is 0 Å². The molecule has 0 aliphatic rings. The summed E-state index contributed by atoms with van der Waals surface area (Å²) in [4.78, 5) is 36.5. The first-order valence-electron chi connectivity index (χ1n) is 6.14. The van der Waals surface area contributed by atoms with E-state index in [9.17, 15) is 14.4 Å². The lowest BCUT2D eigenvalue weighted by Crippen LogP contribution is -2.48. The number of carbonyl (C=O) groups is 3. The number of rotatable bonds is 6. The van der Waals surface area contributed by atoms with Crippen LogP contribution in [0.2, 0.25) is 0 Å². The predicted molar refractivity (Wildman–Crippen MR) is 75.7 cm³/mol. The van der Waals surface area contributed by atoms with Gasteiger partial charge < -0.3 is 15.3 Å². The molecule has 1 heterocycles. The van der Waals surface area contributed by atoms with Gasteiger partial charge in [-0.05, 0) is 17.4 Å². The molecular weight excluding hydrogens is 280 g/mol. The first-order valence-corrected chi connectivity index (χ1v) is 7.02. The van der Waals surface area contributed by atoms with Crippen LogP contribution in [0.15, 0.2) is 17.5 Å². The molecule has 1 rings (SSSR count). The molecule has 0 saturated heterocycles. The molecular formula is C13H18N2O4S. The van der Waals surface area contributed by atoms with Crippen molar-refractivity contribution in [1.82, 2.24) is 10.2 Å². The van der Waals surface area contributed by atoms with Crippen molar-refractivity contribution in [3.8, 4) is 0 Å². The standard InChI is InChI=1S/C13H18N2O4S/c1-8(2)11(13(18)19)14-10(16)7-15(3)12(17)9-5-4-6-20-9/h4-6,8,11H,7H2,1-3H3,(H,14,16)(H,18,19)/t11-/m0/s1. The lowest BCUT2D eigenvalue weighted by atomic mass is 10.0. The molecule has 2 N–H and O–H groups in total. The minimum atomic E-state index is -1.08. The summed E-state index contributed by atoms with van der Waals surface area (Å²) < 4.78 is 0. The molecule has 1 atom stereocenters. The summed E-state index contributed by atoms with van der Waals surface area (Å²) in [6.07, 6.45) is 0. The Morgan fingerprint density at radius 3 is 2.50 bits per heavy atom. The third-order valence-electron chi connectivity index (χ3n) is 2.71. The van der Waals surface area contributed by atoms with Crippen LogP contribution in [0.3, 0.4) is 0 Å². The van der Waals surface area contributed by atoms with Crippen molar-refractivity contribution in [3.63, 3.8) is 0 Å². The van der Waals surface area contributed by atoms with Crippen LogP contribution in [0.4, 0.5) is 0 Å². The van der Waals surface area contributed by atoms with E-state index in [-0.39, 0.29) is 18.4 Å². The second-order valence-electron chi connectivity index (χ2n) is 4.77. The summed E-state index contributed by atoms with van der Waals surface area (Å²) in [5.74, 6) is -2.06. The Labute approximate surface area is 121 Å². The van der Waals surface area contributed by atoms with Crippen molar-refractivity contribution in [3.05, 3.63) is 22.4 Å². The highest BCUT2D eigenvalue weighted by atomic mass is 32.1. The molecule has 2 amide bonds. The number of nitrogens with zero attached hydrogens (tertiary/aromatic N) is 1. The lowest BCUT2D eigenvalue weighted by molar-refractivity contribution is -0.143. The SMILES string of the molecule is CC(C)[C@H](NC(=O)CN(C)C(=O)c1cccs1)C(=O)O. The van der Waals surface area contributed by atoms with Gasteiger partial charge in [-0.2, -0.15) is 0 Å². The Morgan fingerprint density at radius 2 is 2.05 bits per heavy atom. The molecule has 0 saturated carbocycles. The second kappa shape index (κ2) is 7.04. The molecule has 0 aromatic carbocycles. The number of thiophene rings is 1. The number of amides is 2. The molecule has 6 nitrogen and oxygen atoms in total. The van der Waals surface area contributed by atoms with E-state index in [0.29, 0.717) is 4.88 Å². The van der Waals surface area contributed by atoms with E-state index >= 15 is 0 Å². The highest BCUT2D eigenvalue weighted by Gasteiger charge is 2.24. The van der Waals surface area contributed by atoms with Crippen LogP contribution in [-0.4, -0.2) is 47.4 Å². The van der Waals surface area contributed by atoms with Gasteiger partial charge in [0.05, 0.1) is 11.4 Å². The molecule has 0 aliphatic heterocycles. The number of hydrogen-bond donors (Lipinski definition) is 2. The maximum absolute atomic E-state index is 11.9. The van der Waals surface area contributed by atoms with Gasteiger partial charge >= 0.3 is 5.97 Å². The molecule has 1 aromatic heterocycles. The van der Waals surface area contributed by atoms with Crippen molar-refractivity contribution >= 4 is 29.1 Å². The van der Waals surface area contributed by atoms with E-state index in [1.807, 2.05) is 0 Å². The molecule has 0 bridgehead atoms. The van der Waals surface area contributed by atoms with Gasteiger partial charge in [0, 0.05) is 7.05 Å². The number of carbonyl (C=O) groups excluding carboxylic acids is 2. The summed E-state index contributed by atoms with van der Waals surface area (Å²) >= 11 is 1.29. The molecule has 20 heavy (non-hydrogen) atoms. The zero-order chi connectivity index (χ0) is 15.3. The van der Waals surface area contributed by atoms with Crippen LogP contribution < -0.4 is 5.32 Å². The number of carboxylic acids is 1. The maximum atomic E-state index is 11.9. The summed E-state index contributed by atoms with van der Waals surface area (Å²) in [5, 5.41) is 13.2. The van der Waals surface area contributed by atoms with E-state index in [1.165, 1.54) is 23.3 Å². The molecule has 7 heteroatoms. The number of nitrogens with one attached hydrogen (secondary N) is 1. The highest BCUT2D eigenvalue weighted by Crippen LogP contribution is 2.11. The number of carboxylic acid groups (broad SMARTS) is 1. The van der Waals surface area contributed by atoms with E-state index in [0.717, 1.165) is 0 Å². The minimum absolute atomic E-state index is 0.173. The summed E-state index contributed by atoms with van der Waals surface area (Å²) in [6.45, 7) is 3.24. The van der Waals surface area contributed by atoms with Crippen LogP contribution in [0.1, 0.15) is 23.5 Å². The molecule has 0 unspecified atom stereocenters. The van der Waals surface area contributed by atoms with Gasteiger partial charge in [-0.15, -0.1) is 11.3 Å². The fourth-order valence-electron chi connectivity index (χ4n) is 1.61. The molecule has 110 valence electrons. The first-order chi connectivity index (χ1) is 9.32. The maximum Gasteiger partial charge on any atom is 0.326 e. The Hall–Kier alpha value is -1.89. The average Bonchev–Trinajstić information content (AvgIpc) is 2.87. The topological polar surface area (TPSA) is 86.7 Å². The van der Waals surface area contributed by atoms with Gasteiger partial charge in [0.1, 0.15) is 6.04 Å². The molecule has 1 aromatic rings. The van der Waals surface area contributed by atoms with Crippen molar-refractivity contribution in [2.75, 3.05) is 13.6 Å². The predicted octanol–water partition coefficient (Wildman–Crippen LogP) is 1.05. The van der Waals surface area contributed by atoms with Gasteiger partial charge in [0.2, 0.25) is 5.91 Å². The van der Waals surface area contributed by atoms with Gasteiger partial charge in [0.25, 0.3) is 5.91 Å². The second-order valence-corrected chi connectivity index (χ2v) is 5.71. The van der Waals surface area contributed by atoms with Crippen molar-refractivity contribution in [1.29, 1.82) is 0 Å². The quantitative estimate of drug-likeness (QED) is 0.821. The normalized spacial score (nSPS) is 12.0. The fourth-order valence-corrected chi connectivity index (χ4v) is 2.33. The molecule has 0 radical (unpaired) electrons. The molecule has 0 fully saturated rings. The van der Waals surface area contributed by atoms with Crippen molar-refractivity contribution < 1.29 is 19.5 Å². The number of likely N-dealkylation sites (N-methyl/N-ethyl adjacent to an activating group) is 1. The monoisotopic (exact) mass is 298 g/mol. The van der Waals surface area contributed by atoms with Gasteiger partial charge in [0.15, 0.2) is 0 Å². The fraction of sp³-hybridized carbons (Fsp3) is 0.462. The molecule has 0 aliphatic carbocycles. The van der Waals surface area contributed by atoms with E-state index in [1.54, 1.807) is 31.4 Å². The van der Waals surface area contributed by atoms with Crippen LogP contribution >= 0.6 is 11.3 Å². The Kier molecular flexibility index (Phi) is 5.69. The van der Waals surface area contributed by atoms with Gasteiger partial charge in [-0.25, -0.2) is 4.79 Å². The Bertz CT molecular complexity index is 485. The van der Waals surface area contributed by atoms with E-state index in [2.05, 4.69) is 5.32 Å². The van der Waals surface area contributed by atoms with Crippen molar-refractivity contribution in [2.24, 2.45) is 5.92 Å². The van der Waals surface area contributed by atoms with Crippen LogP contribution in [-0.2, 0) is 9.59 Å². The first kappa shape index (κ1) is 16.2. The smallest absolute Gasteiger partial charge is 0.326 e.